The number of carboxylic acid groups (broad SMARTS) is 1. The zero-order valence-electron chi connectivity index (χ0n) is 21.6. The molecule has 9 nitrogen and oxygen atoms in total. The van der Waals surface area contributed by atoms with Gasteiger partial charge in [-0.15, -0.1) is 11.3 Å². The van der Waals surface area contributed by atoms with Gasteiger partial charge in [0.15, 0.2) is 5.78 Å². The summed E-state index contributed by atoms with van der Waals surface area (Å²) in [6, 6.07) is 13.9. The molecular weight excluding hydrogens is 538 g/mol. The monoisotopic (exact) mass is 567 g/mol. The summed E-state index contributed by atoms with van der Waals surface area (Å²) in [6.45, 7) is 3.72. The maximum Gasteiger partial charge on any atom is 0.304 e. The molecular formula is C28H29N3O6S2. The van der Waals surface area contributed by atoms with Crippen molar-refractivity contribution in [3.63, 3.8) is 0 Å². The Morgan fingerprint density at radius 3 is 2.74 bits per heavy atom. The summed E-state index contributed by atoms with van der Waals surface area (Å²) in [5.41, 5.74) is 2.65. The third kappa shape index (κ3) is 5.47. The summed E-state index contributed by atoms with van der Waals surface area (Å²) in [5.74, 6) is -1.24. The maximum atomic E-state index is 13.8. The van der Waals surface area contributed by atoms with E-state index in [1.165, 1.54) is 22.6 Å². The molecule has 5 rings (SSSR count). The van der Waals surface area contributed by atoms with Crippen LogP contribution < -0.4 is 4.74 Å². The van der Waals surface area contributed by atoms with Crippen LogP contribution >= 0.6 is 11.3 Å². The number of carbonyl (C=O) groups is 2. The Kier molecular flexibility index (Phi) is 7.57. The zero-order valence-corrected chi connectivity index (χ0v) is 23.2. The number of hydrogen-bond acceptors (Lipinski definition) is 7. The molecule has 0 spiro atoms. The standard InChI is InChI=1S/C28H29N3O6S2/c1-3-6-20-15-31(39(35,36)26-8-5-4-7-23(26)37-20)14-19-11-18(12-22-28(19)30-16-29-22)21(13-27(33)34)25-10-9-24(38-25)17(2)32/h4-5,7-12,16,20-21H,3,6,13-15H2,1-2H3,(H,29,30)(H,33,34)/t20-,21?/m1/s1. The summed E-state index contributed by atoms with van der Waals surface area (Å²) in [6.07, 6.45) is 2.56. The van der Waals surface area contributed by atoms with Crippen LogP contribution in [0, 0.1) is 0 Å². The van der Waals surface area contributed by atoms with Crippen molar-refractivity contribution in [2.45, 2.75) is 56.6 Å². The normalized spacial score (nSPS) is 17.7. The summed E-state index contributed by atoms with van der Waals surface area (Å²) >= 11 is 1.27. The fourth-order valence-electron chi connectivity index (χ4n) is 5.01. The molecule has 0 aliphatic carbocycles. The number of aromatic nitrogens is 2. The highest BCUT2D eigenvalue weighted by Gasteiger charge is 2.35. The summed E-state index contributed by atoms with van der Waals surface area (Å²) in [5, 5.41) is 9.71. The molecule has 204 valence electrons. The van der Waals surface area contributed by atoms with Gasteiger partial charge in [0.25, 0.3) is 0 Å². The SMILES string of the molecule is CCC[C@@H]1CN(Cc2cc(C(CC(=O)O)c3ccc(C(C)=O)s3)cc3[nH]cnc23)S(=O)(=O)c2ccccc2O1. The van der Waals surface area contributed by atoms with E-state index in [1.807, 2.05) is 19.1 Å². The highest BCUT2D eigenvalue weighted by atomic mass is 32.2. The number of fused-ring (bicyclic) bond motifs is 2. The fraction of sp³-hybridized carbons (Fsp3) is 0.321. The second kappa shape index (κ2) is 10.9. The van der Waals surface area contributed by atoms with E-state index in [2.05, 4.69) is 9.97 Å². The number of carbonyl (C=O) groups excluding carboxylic acids is 1. The van der Waals surface area contributed by atoms with Crippen LogP contribution in [0.25, 0.3) is 11.0 Å². The molecule has 0 saturated carbocycles. The molecule has 0 amide bonds. The molecule has 1 aliphatic heterocycles. The van der Waals surface area contributed by atoms with Crippen molar-refractivity contribution in [1.82, 2.24) is 14.3 Å². The van der Waals surface area contributed by atoms with Crippen LogP contribution in [0.3, 0.4) is 0 Å². The number of ether oxygens (including phenoxy) is 1. The molecule has 1 aliphatic rings. The second-order valence-corrected chi connectivity index (χ2v) is 12.7. The number of imidazole rings is 1. The summed E-state index contributed by atoms with van der Waals surface area (Å²) in [7, 11) is -3.89. The van der Waals surface area contributed by atoms with Crippen LogP contribution in [0.2, 0.25) is 0 Å². The molecule has 0 saturated heterocycles. The van der Waals surface area contributed by atoms with Gasteiger partial charge in [-0.2, -0.15) is 4.31 Å². The van der Waals surface area contributed by atoms with E-state index in [9.17, 15) is 23.1 Å². The minimum Gasteiger partial charge on any atom is -0.488 e. The fourth-order valence-corrected chi connectivity index (χ4v) is 7.61. The van der Waals surface area contributed by atoms with E-state index >= 15 is 0 Å². The number of benzene rings is 2. The van der Waals surface area contributed by atoms with E-state index < -0.39 is 21.9 Å². The Bertz CT molecular complexity index is 1640. The van der Waals surface area contributed by atoms with Crippen LogP contribution in [-0.2, 0) is 21.4 Å². The Hall–Kier alpha value is -3.54. The second-order valence-electron chi connectivity index (χ2n) is 9.66. The van der Waals surface area contributed by atoms with Gasteiger partial charge in [-0.1, -0.05) is 31.5 Å². The number of sulfonamides is 1. The number of nitrogens with one attached hydrogen (secondary N) is 1. The van der Waals surface area contributed by atoms with Gasteiger partial charge in [-0.3, -0.25) is 9.59 Å². The first-order valence-electron chi connectivity index (χ1n) is 12.7. The number of nitrogens with zero attached hydrogens (tertiary/aromatic N) is 2. The lowest BCUT2D eigenvalue weighted by Gasteiger charge is -2.24. The number of carboxylic acids is 1. The molecule has 2 aromatic carbocycles. The zero-order chi connectivity index (χ0) is 27.7. The average molecular weight is 568 g/mol. The maximum absolute atomic E-state index is 13.8. The topological polar surface area (TPSA) is 130 Å². The van der Waals surface area contributed by atoms with E-state index in [0.29, 0.717) is 39.2 Å². The van der Waals surface area contributed by atoms with Crippen molar-refractivity contribution in [3.05, 3.63) is 75.7 Å². The van der Waals surface area contributed by atoms with Crippen LogP contribution in [0.15, 0.2) is 59.8 Å². The summed E-state index contributed by atoms with van der Waals surface area (Å²) < 4.78 is 35.2. The number of thiophene rings is 1. The lowest BCUT2D eigenvalue weighted by Crippen LogP contribution is -2.36. The van der Waals surface area contributed by atoms with Crippen molar-refractivity contribution in [2.75, 3.05) is 6.54 Å². The molecule has 3 heterocycles. The van der Waals surface area contributed by atoms with Crippen LogP contribution in [-0.4, -0.2) is 52.2 Å². The average Bonchev–Trinajstić information content (AvgIpc) is 3.55. The van der Waals surface area contributed by atoms with Gasteiger partial charge < -0.3 is 14.8 Å². The first-order chi connectivity index (χ1) is 18.7. The molecule has 0 bridgehead atoms. The smallest absolute Gasteiger partial charge is 0.304 e. The summed E-state index contributed by atoms with van der Waals surface area (Å²) in [4.78, 5) is 32.8. The Morgan fingerprint density at radius 2 is 2.03 bits per heavy atom. The predicted octanol–water partition coefficient (Wildman–Crippen LogP) is 5.19. The van der Waals surface area contributed by atoms with Crippen LogP contribution in [0.5, 0.6) is 5.75 Å². The molecule has 39 heavy (non-hydrogen) atoms. The predicted molar refractivity (Wildman–Crippen MR) is 148 cm³/mol. The Morgan fingerprint density at radius 1 is 1.23 bits per heavy atom. The Labute approximate surface area is 230 Å². The van der Waals surface area contributed by atoms with E-state index in [-0.39, 0.29) is 36.3 Å². The number of Topliss-reactive ketones (excluding diaryl/α,β-unsaturated/α-hetero) is 1. The Balaban J connectivity index is 1.59. The van der Waals surface area contributed by atoms with Crippen molar-refractivity contribution >= 4 is 44.1 Å². The minimum absolute atomic E-state index is 0.0400. The minimum atomic E-state index is -3.89. The van der Waals surface area contributed by atoms with Crippen LogP contribution in [0.1, 0.15) is 64.7 Å². The first kappa shape index (κ1) is 27.0. The van der Waals surface area contributed by atoms with Crippen molar-refractivity contribution in [2.24, 2.45) is 0 Å². The number of aromatic amines is 1. The van der Waals surface area contributed by atoms with Crippen molar-refractivity contribution in [3.8, 4) is 5.75 Å². The number of aliphatic carboxylic acids is 1. The number of ketones is 1. The molecule has 0 radical (unpaired) electrons. The number of hydrogen-bond donors (Lipinski definition) is 2. The third-order valence-electron chi connectivity index (χ3n) is 6.85. The largest absolute Gasteiger partial charge is 0.488 e. The van der Waals surface area contributed by atoms with Gasteiger partial charge in [0, 0.05) is 17.3 Å². The quantitative estimate of drug-likeness (QED) is 0.266. The molecule has 2 atom stereocenters. The van der Waals surface area contributed by atoms with E-state index in [0.717, 1.165) is 11.3 Å². The van der Waals surface area contributed by atoms with Gasteiger partial charge in [-0.05, 0) is 54.8 Å². The molecule has 1 unspecified atom stereocenters. The van der Waals surface area contributed by atoms with Crippen molar-refractivity contribution in [1.29, 1.82) is 0 Å². The molecule has 0 fully saturated rings. The van der Waals surface area contributed by atoms with Gasteiger partial charge in [0.2, 0.25) is 10.0 Å². The van der Waals surface area contributed by atoms with Crippen molar-refractivity contribution < 1.29 is 27.9 Å². The third-order valence-corrected chi connectivity index (χ3v) is 10.00. The van der Waals surface area contributed by atoms with Gasteiger partial charge in [0.05, 0.1) is 35.2 Å². The highest BCUT2D eigenvalue weighted by Crippen LogP contribution is 2.37. The van der Waals surface area contributed by atoms with E-state index in [4.69, 9.17) is 4.74 Å². The van der Waals surface area contributed by atoms with Gasteiger partial charge in [0.1, 0.15) is 16.7 Å². The van der Waals surface area contributed by atoms with E-state index in [1.54, 1.807) is 42.7 Å². The van der Waals surface area contributed by atoms with Gasteiger partial charge >= 0.3 is 5.97 Å². The van der Waals surface area contributed by atoms with Gasteiger partial charge in [-0.25, -0.2) is 13.4 Å². The number of rotatable bonds is 9. The number of H-pyrrole nitrogens is 1. The molecule has 4 aromatic rings. The highest BCUT2D eigenvalue weighted by molar-refractivity contribution is 7.89. The van der Waals surface area contributed by atoms with Crippen LogP contribution in [0.4, 0.5) is 0 Å². The molecule has 11 heteroatoms. The molecule has 2 N–H and O–H groups in total. The lowest BCUT2D eigenvalue weighted by molar-refractivity contribution is -0.137. The lowest BCUT2D eigenvalue weighted by atomic mass is 9.92. The molecule has 2 aromatic heterocycles. The first-order valence-corrected chi connectivity index (χ1v) is 15.0. The number of para-hydroxylation sites is 1.